The average Bonchev–Trinajstić information content (AvgIpc) is 2.64. The Morgan fingerprint density at radius 2 is 1.60 bits per heavy atom. The number of ether oxygens (including phenoxy) is 1. The van der Waals surface area contributed by atoms with Gasteiger partial charge in [0, 0.05) is 11.3 Å². The number of aryl methyl sites for hydroxylation is 1. The van der Waals surface area contributed by atoms with Crippen LogP contribution in [0.2, 0.25) is 0 Å². The molecule has 0 heterocycles. The van der Waals surface area contributed by atoms with E-state index in [9.17, 15) is 4.79 Å². The maximum Gasteiger partial charge on any atom is 0.262 e. The number of para-hydroxylation sites is 1. The van der Waals surface area contributed by atoms with Crippen molar-refractivity contribution in [3.8, 4) is 16.9 Å². The molecule has 3 aromatic carbocycles. The number of amides is 1. The second-order valence-corrected chi connectivity index (χ2v) is 5.95. The normalized spacial score (nSPS) is 10.3. The van der Waals surface area contributed by atoms with Crippen LogP contribution in [-0.4, -0.2) is 12.5 Å². The van der Waals surface area contributed by atoms with Crippen LogP contribution in [0.5, 0.6) is 5.75 Å². The smallest absolute Gasteiger partial charge is 0.262 e. The molecule has 126 valence electrons. The van der Waals surface area contributed by atoms with E-state index in [4.69, 9.17) is 4.74 Å². The van der Waals surface area contributed by atoms with Crippen molar-refractivity contribution in [1.82, 2.24) is 0 Å². The van der Waals surface area contributed by atoms with Crippen LogP contribution in [0.15, 0.2) is 72.8 Å². The Kier molecular flexibility index (Phi) is 5.14. The average molecular weight is 331 g/mol. The molecule has 0 saturated heterocycles. The van der Waals surface area contributed by atoms with Gasteiger partial charge in [0.25, 0.3) is 5.91 Å². The van der Waals surface area contributed by atoms with Crippen LogP contribution < -0.4 is 10.1 Å². The van der Waals surface area contributed by atoms with Crippen LogP contribution in [0.25, 0.3) is 11.1 Å². The lowest BCUT2D eigenvalue weighted by molar-refractivity contribution is -0.118. The van der Waals surface area contributed by atoms with Crippen LogP contribution in [0.4, 0.5) is 5.69 Å². The monoisotopic (exact) mass is 331 g/mol. The third-order valence-corrected chi connectivity index (χ3v) is 4.20. The zero-order valence-electron chi connectivity index (χ0n) is 14.5. The largest absolute Gasteiger partial charge is 0.483 e. The molecule has 0 aliphatic carbocycles. The van der Waals surface area contributed by atoms with Crippen LogP contribution in [0, 0.1) is 13.8 Å². The van der Waals surface area contributed by atoms with Crippen molar-refractivity contribution in [2.75, 3.05) is 11.9 Å². The number of carbonyl (C=O) groups excluding carboxylic acids is 1. The molecule has 0 aliphatic rings. The number of hydrogen-bond donors (Lipinski definition) is 1. The maximum absolute atomic E-state index is 12.3. The highest BCUT2D eigenvalue weighted by molar-refractivity contribution is 5.96. The summed E-state index contributed by atoms with van der Waals surface area (Å²) in [5, 5.41) is 2.95. The minimum Gasteiger partial charge on any atom is -0.483 e. The second-order valence-electron chi connectivity index (χ2n) is 5.95. The number of anilines is 1. The van der Waals surface area contributed by atoms with E-state index in [1.807, 2.05) is 86.6 Å². The van der Waals surface area contributed by atoms with Crippen molar-refractivity contribution in [2.24, 2.45) is 0 Å². The third-order valence-electron chi connectivity index (χ3n) is 4.20. The minimum atomic E-state index is -0.177. The lowest BCUT2D eigenvalue weighted by Crippen LogP contribution is -2.20. The van der Waals surface area contributed by atoms with E-state index >= 15 is 0 Å². The summed E-state index contributed by atoms with van der Waals surface area (Å²) in [5.41, 5.74) is 5.03. The Hall–Kier alpha value is -3.07. The van der Waals surface area contributed by atoms with Crippen molar-refractivity contribution < 1.29 is 9.53 Å². The zero-order valence-corrected chi connectivity index (χ0v) is 14.5. The molecule has 0 aliphatic heterocycles. The molecule has 25 heavy (non-hydrogen) atoms. The van der Waals surface area contributed by atoms with E-state index in [2.05, 4.69) is 5.32 Å². The van der Waals surface area contributed by atoms with Gasteiger partial charge in [0.1, 0.15) is 5.75 Å². The van der Waals surface area contributed by atoms with Gasteiger partial charge in [-0.1, -0.05) is 60.7 Å². The van der Waals surface area contributed by atoms with Gasteiger partial charge >= 0.3 is 0 Å². The van der Waals surface area contributed by atoms with Crippen LogP contribution in [0.3, 0.4) is 0 Å². The van der Waals surface area contributed by atoms with Crippen molar-refractivity contribution in [3.63, 3.8) is 0 Å². The summed E-state index contributed by atoms with van der Waals surface area (Å²) in [6, 6.07) is 23.6. The SMILES string of the molecule is Cc1cccc(OCC(=O)Nc2ccccc2-c2ccccc2)c1C. The fraction of sp³-hybridized carbons (Fsp3) is 0.136. The molecule has 3 rings (SSSR count). The fourth-order valence-electron chi connectivity index (χ4n) is 2.67. The van der Waals surface area contributed by atoms with Gasteiger partial charge in [-0.2, -0.15) is 0 Å². The van der Waals surface area contributed by atoms with Gasteiger partial charge in [0.15, 0.2) is 6.61 Å². The van der Waals surface area contributed by atoms with Gasteiger partial charge in [0.2, 0.25) is 0 Å². The minimum absolute atomic E-state index is 0.0204. The molecule has 0 fully saturated rings. The van der Waals surface area contributed by atoms with Crippen molar-refractivity contribution in [1.29, 1.82) is 0 Å². The predicted molar refractivity (Wildman–Crippen MR) is 102 cm³/mol. The highest BCUT2D eigenvalue weighted by Gasteiger charge is 2.10. The molecule has 3 nitrogen and oxygen atoms in total. The van der Waals surface area contributed by atoms with E-state index in [0.717, 1.165) is 33.7 Å². The highest BCUT2D eigenvalue weighted by Crippen LogP contribution is 2.27. The summed E-state index contributed by atoms with van der Waals surface area (Å²) < 4.78 is 5.69. The van der Waals surface area contributed by atoms with Gasteiger partial charge in [-0.3, -0.25) is 4.79 Å². The van der Waals surface area contributed by atoms with E-state index in [-0.39, 0.29) is 12.5 Å². The van der Waals surface area contributed by atoms with E-state index in [1.54, 1.807) is 0 Å². The van der Waals surface area contributed by atoms with Gasteiger partial charge in [0.05, 0.1) is 0 Å². The van der Waals surface area contributed by atoms with E-state index < -0.39 is 0 Å². The molecule has 1 N–H and O–H groups in total. The summed E-state index contributed by atoms with van der Waals surface area (Å²) in [7, 11) is 0. The number of nitrogens with one attached hydrogen (secondary N) is 1. The highest BCUT2D eigenvalue weighted by atomic mass is 16.5. The van der Waals surface area contributed by atoms with Crippen LogP contribution in [0.1, 0.15) is 11.1 Å². The van der Waals surface area contributed by atoms with E-state index in [0.29, 0.717) is 0 Å². The number of carbonyl (C=O) groups is 1. The molecule has 3 heteroatoms. The number of rotatable bonds is 5. The molecule has 0 atom stereocenters. The Morgan fingerprint density at radius 1 is 0.880 bits per heavy atom. The van der Waals surface area contributed by atoms with Crippen molar-refractivity contribution in [2.45, 2.75) is 13.8 Å². The Bertz CT molecular complexity index is 872. The molecule has 1 amide bonds. The summed E-state index contributed by atoms with van der Waals surface area (Å²) in [5.74, 6) is 0.566. The molecule has 0 spiro atoms. The van der Waals surface area contributed by atoms with Crippen molar-refractivity contribution >= 4 is 11.6 Å². The topological polar surface area (TPSA) is 38.3 Å². The Balaban J connectivity index is 1.71. The maximum atomic E-state index is 12.3. The van der Waals surface area contributed by atoms with Gasteiger partial charge < -0.3 is 10.1 Å². The molecule has 0 unspecified atom stereocenters. The Morgan fingerprint density at radius 3 is 2.40 bits per heavy atom. The predicted octanol–water partition coefficient (Wildman–Crippen LogP) is 4.99. The molecule has 3 aromatic rings. The van der Waals surface area contributed by atoms with Gasteiger partial charge in [-0.15, -0.1) is 0 Å². The standard InChI is InChI=1S/C22H21NO2/c1-16-9-8-14-21(17(16)2)25-15-22(24)23-20-13-7-6-12-19(20)18-10-4-3-5-11-18/h3-14H,15H2,1-2H3,(H,23,24). The lowest BCUT2D eigenvalue weighted by atomic mass is 10.0. The van der Waals surface area contributed by atoms with Gasteiger partial charge in [-0.05, 0) is 42.7 Å². The first-order valence-corrected chi connectivity index (χ1v) is 8.28. The quantitative estimate of drug-likeness (QED) is 0.715. The molecule has 0 saturated carbocycles. The van der Waals surface area contributed by atoms with Gasteiger partial charge in [-0.25, -0.2) is 0 Å². The van der Waals surface area contributed by atoms with Crippen LogP contribution >= 0.6 is 0 Å². The van der Waals surface area contributed by atoms with Crippen molar-refractivity contribution in [3.05, 3.63) is 83.9 Å². The summed E-state index contributed by atoms with van der Waals surface area (Å²) >= 11 is 0. The first-order valence-electron chi connectivity index (χ1n) is 8.28. The summed E-state index contributed by atoms with van der Waals surface area (Å²) in [6.45, 7) is 4.00. The molecule has 0 bridgehead atoms. The molecular weight excluding hydrogens is 310 g/mol. The fourth-order valence-corrected chi connectivity index (χ4v) is 2.67. The van der Waals surface area contributed by atoms with E-state index in [1.165, 1.54) is 0 Å². The second kappa shape index (κ2) is 7.67. The lowest BCUT2D eigenvalue weighted by Gasteiger charge is -2.13. The molecule has 0 aromatic heterocycles. The summed E-state index contributed by atoms with van der Waals surface area (Å²) in [6.07, 6.45) is 0. The number of hydrogen-bond acceptors (Lipinski definition) is 2. The molecule has 0 radical (unpaired) electrons. The summed E-state index contributed by atoms with van der Waals surface area (Å²) in [4.78, 5) is 12.3. The first-order chi connectivity index (χ1) is 12.1. The Labute approximate surface area is 148 Å². The third kappa shape index (κ3) is 4.07. The zero-order chi connectivity index (χ0) is 17.6. The first kappa shape index (κ1) is 16.8. The van der Waals surface area contributed by atoms with Crippen LogP contribution in [-0.2, 0) is 4.79 Å². The number of benzene rings is 3. The molecular formula is C22H21NO2.